The first kappa shape index (κ1) is 11.7. The quantitative estimate of drug-likeness (QED) is 0.603. The molecule has 0 fully saturated rings. The first-order valence-corrected chi connectivity index (χ1v) is 6.72. The number of hydrogen-bond acceptors (Lipinski definition) is 3. The lowest BCUT2D eigenvalue weighted by Gasteiger charge is -2.04. The molecule has 1 heterocycles. The van der Waals surface area contributed by atoms with Crippen molar-refractivity contribution in [1.29, 1.82) is 0 Å². The molecule has 0 spiro atoms. The number of fused-ring (bicyclic) bond motifs is 1. The molecule has 0 unspecified atom stereocenters. The third-order valence-corrected chi connectivity index (χ3v) is 3.66. The van der Waals surface area contributed by atoms with E-state index in [1.165, 1.54) is 12.8 Å². The number of hydrogen-bond donors (Lipinski definition) is 0. The summed E-state index contributed by atoms with van der Waals surface area (Å²) in [6, 6.07) is 7.79. The molecule has 0 N–H and O–H groups in total. The van der Waals surface area contributed by atoms with Crippen molar-refractivity contribution in [3.05, 3.63) is 29.4 Å². The highest BCUT2D eigenvalue weighted by Gasteiger charge is 2.06. The summed E-state index contributed by atoms with van der Waals surface area (Å²) in [4.78, 5) is 8.85. The zero-order valence-electron chi connectivity index (χ0n) is 9.11. The van der Waals surface area contributed by atoms with Gasteiger partial charge < -0.3 is 0 Å². The van der Waals surface area contributed by atoms with Crippen molar-refractivity contribution in [2.45, 2.75) is 24.8 Å². The maximum absolute atomic E-state index is 6.09. The minimum absolute atomic E-state index is 0.514. The van der Waals surface area contributed by atoms with Crippen LogP contribution in [-0.4, -0.2) is 15.7 Å². The molecular formula is C12H13ClN2S. The predicted molar refractivity (Wildman–Crippen MR) is 70.2 cm³/mol. The molecule has 0 saturated carbocycles. The minimum atomic E-state index is 0.514. The topological polar surface area (TPSA) is 25.8 Å². The van der Waals surface area contributed by atoms with E-state index in [1.807, 2.05) is 24.3 Å². The first-order chi connectivity index (χ1) is 7.81. The average Bonchev–Trinajstić information content (AvgIpc) is 2.30. The highest BCUT2D eigenvalue weighted by molar-refractivity contribution is 7.99. The van der Waals surface area contributed by atoms with Crippen molar-refractivity contribution in [3.63, 3.8) is 0 Å². The van der Waals surface area contributed by atoms with Crippen molar-refractivity contribution in [3.8, 4) is 0 Å². The van der Waals surface area contributed by atoms with E-state index in [4.69, 9.17) is 11.6 Å². The van der Waals surface area contributed by atoms with Gasteiger partial charge in [0, 0.05) is 0 Å². The summed E-state index contributed by atoms with van der Waals surface area (Å²) in [5, 5.41) is 1.36. The molecule has 0 saturated heterocycles. The molecule has 0 radical (unpaired) electrons. The fourth-order valence-electron chi connectivity index (χ4n) is 1.37. The third kappa shape index (κ3) is 2.66. The zero-order valence-corrected chi connectivity index (χ0v) is 10.7. The normalized spacial score (nSPS) is 10.9. The summed E-state index contributed by atoms with van der Waals surface area (Å²) in [5.74, 6) is 1.04. The van der Waals surface area contributed by atoms with E-state index in [9.17, 15) is 0 Å². The smallest absolute Gasteiger partial charge is 0.161 e. The van der Waals surface area contributed by atoms with Gasteiger partial charge in [0.05, 0.1) is 11.0 Å². The molecule has 0 aliphatic rings. The molecule has 2 rings (SSSR count). The second-order valence-electron chi connectivity index (χ2n) is 3.51. The van der Waals surface area contributed by atoms with Gasteiger partial charge in [0.15, 0.2) is 5.15 Å². The van der Waals surface area contributed by atoms with Crippen LogP contribution in [0.3, 0.4) is 0 Å². The first-order valence-electron chi connectivity index (χ1n) is 5.36. The van der Waals surface area contributed by atoms with Crippen LogP contribution in [0, 0.1) is 0 Å². The van der Waals surface area contributed by atoms with E-state index >= 15 is 0 Å². The van der Waals surface area contributed by atoms with Crippen LogP contribution in [0.25, 0.3) is 11.0 Å². The third-order valence-electron chi connectivity index (χ3n) is 2.24. The standard InChI is InChI=1S/C12H13ClN2S/c1-2-3-8-16-12-11(13)14-9-6-4-5-7-10(9)15-12/h4-7H,2-3,8H2,1H3. The van der Waals surface area contributed by atoms with Gasteiger partial charge in [-0.3, -0.25) is 0 Å². The van der Waals surface area contributed by atoms with E-state index < -0.39 is 0 Å². The Balaban J connectivity index is 2.27. The van der Waals surface area contributed by atoms with Gasteiger partial charge in [0.25, 0.3) is 0 Å². The maximum Gasteiger partial charge on any atom is 0.161 e. The SMILES string of the molecule is CCCCSc1nc2ccccc2nc1Cl. The predicted octanol–water partition coefficient (Wildman–Crippen LogP) is 4.18. The molecule has 0 atom stereocenters. The Morgan fingerprint density at radius 1 is 1.19 bits per heavy atom. The van der Waals surface area contributed by atoms with Gasteiger partial charge in [-0.15, -0.1) is 11.8 Å². The monoisotopic (exact) mass is 252 g/mol. The van der Waals surface area contributed by atoms with Gasteiger partial charge in [-0.2, -0.15) is 0 Å². The second-order valence-corrected chi connectivity index (χ2v) is 4.95. The van der Waals surface area contributed by atoms with E-state index in [-0.39, 0.29) is 0 Å². The number of rotatable bonds is 4. The molecule has 1 aromatic heterocycles. The molecule has 2 nitrogen and oxygen atoms in total. The summed E-state index contributed by atoms with van der Waals surface area (Å²) in [6.07, 6.45) is 2.36. The van der Waals surface area contributed by atoms with Crippen LogP contribution in [0.15, 0.2) is 29.3 Å². The molecular weight excluding hydrogens is 240 g/mol. The second kappa shape index (κ2) is 5.51. The number of halogens is 1. The van der Waals surface area contributed by atoms with Crippen molar-refractivity contribution < 1.29 is 0 Å². The molecule has 0 aliphatic carbocycles. The fraction of sp³-hybridized carbons (Fsp3) is 0.333. The summed E-state index contributed by atoms with van der Waals surface area (Å²) >= 11 is 7.77. The summed E-state index contributed by atoms with van der Waals surface area (Å²) < 4.78 is 0. The van der Waals surface area contributed by atoms with E-state index in [0.717, 1.165) is 21.8 Å². The van der Waals surface area contributed by atoms with Crippen LogP contribution in [0.2, 0.25) is 5.15 Å². The lowest BCUT2D eigenvalue weighted by Crippen LogP contribution is -1.90. The molecule has 0 bridgehead atoms. The number of aromatic nitrogens is 2. The van der Waals surface area contributed by atoms with E-state index in [2.05, 4.69) is 16.9 Å². The summed E-state index contributed by atoms with van der Waals surface area (Å²) in [7, 11) is 0. The molecule has 4 heteroatoms. The van der Waals surface area contributed by atoms with Crippen LogP contribution in [0.5, 0.6) is 0 Å². The largest absolute Gasteiger partial charge is 0.237 e. The van der Waals surface area contributed by atoms with Gasteiger partial charge in [-0.05, 0) is 24.3 Å². The number of unbranched alkanes of at least 4 members (excludes halogenated alkanes) is 1. The zero-order chi connectivity index (χ0) is 11.4. The molecule has 84 valence electrons. The van der Waals surface area contributed by atoms with E-state index in [0.29, 0.717) is 5.15 Å². The van der Waals surface area contributed by atoms with Crippen LogP contribution in [-0.2, 0) is 0 Å². The number of para-hydroxylation sites is 2. The molecule has 1 aromatic carbocycles. The van der Waals surface area contributed by atoms with Crippen molar-refractivity contribution in [1.82, 2.24) is 9.97 Å². The van der Waals surface area contributed by atoms with Gasteiger partial charge in [0.2, 0.25) is 0 Å². The Morgan fingerprint density at radius 2 is 1.88 bits per heavy atom. The lowest BCUT2D eigenvalue weighted by atomic mass is 10.3. The van der Waals surface area contributed by atoms with Crippen LogP contribution >= 0.6 is 23.4 Å². The van der Waals surface area contributed by atoms with Crippen molar-refractivity contribution >= 4 is 34.4 Å². The molecule has 0 aliphatic heterocycles. The molecule has 16 heavy (non-hydrogen) atoms. The van der Waals surface area contributed by atoms with Gasteiger partial charge in [0.1, 0.15) is 5.03 Å². The lowest BCUT2D eigenvalue weighted by molar-refractivity contribution is 0.894. The molecule has 0 amide bonds. The highest BCUT2D eigenvalue weighted by Crippen LogP contribution is 2.26. The summed E-state index contributed by atoms with van der Waals surface area (Å²) in [6.45, 7) is 2.17. The maximum atomic E-state index is 6.09. The van der Waals surface area contributed by atoms with Crippen molar-refractivity contribution in [2.24, 2.45) is 0 Å². The van der Waals surface area contributed by atoms with E-state index in [1.54, 1.807) is 11.8 Å². The number of benzene rings is 1. The Morgan fingerprint density at radius 3 is 2.56 bits per heavy atom. The van der Waals surface area contributed by atoms with Crippen LogP contribution in [0.1, 0.15) is 19.8 Å². The average molecular weight is 253 g/mol. The van der Waals surface area contributed by atoms with Crippen molar-refractivity contribution in [2.75, 3.05) is 5.75 Å². The Labute approximate surface area is 104 Å². The fourth-order valence-corrected chi connectivity index (χ4v) is 2.62. The van der Waals surface area contributed by atoms with Crippen LogP contribution < -0.4 is 0 Å². The Hall–Kier alpha value is -0.800. The van der Waals surface area contributed by atoms with Crippen LogP contribution in [0.4, 0.5) is 0 Å². The highest BCUT2D eigenvalue weighted by atomic mass is 35.5. The minimum Gasteiger partial charge on any atom is -0.237 e. The van der Waals surface area contributed by atoms with Gasteiger partial charge >= 0.3 is 0 Å². The Bertz CT molecular complexity index is 487. The van der Waals surface area contributed by atoms with Gasteiger partial charge in [-0.25, -0.2) is 9.97 Å². The van der Waals surface area contributed by atoms with Gasteiger partial charge in [-0.1, -0.05) is 37.1 Å². The summed E-state index contributed by atoms with van der Waals surface area (Å²) in [5.41, 5.74) is 1.76. The number of thioether (sulfide) groups is 1. The Kier molecular flexibility index (Phi) is 4.02. The number of nitrogens with zero attached hydrogens (tertiary/aromatic N) is 2. The molecule has 2 aromatic rings.